The first-order chi connectivity index (χ1) is 3.68. The van der Waals surface area contributed by atoms with Gasteiger partial charge in [0.15, 0.2) is 0 Å². The van der Waals surface area contributed by atoms with E-state index >= 15 is 0 Å². The average molecular weight is 118 g/mol. The van der Waals surface area contributed by atoms with Gasteiger partial charge in [-0.25, -0.2) is 16.1 Å². The lowest BCUT2D eigenvalue weighted by molar-refractivity contribution is 0.206. The number of carbonyl (C=O) groups excluding carboxylic acids is 1. The van der Waals surface area contributed by atoms with Crippen LogP contribution in [0.4, 0.5) is 4.79 Å². The van der Waals surface area contributed by atoms with Crippen molar-refractivity contribution in [1.29, 1.82) is 0 Å². The average Bonchev–Trinajstić information content (AvgIpc) is 1.67. The number of urea groups is 1. The van der Waals surface area contributed by atoms with E-state index in [4.69, 9.17) is 5.84 Å². The molecule has 0 bridgehead atoms. The fourth-order valence-electron chi connectivity index (χ4n) is 0.195. The molecule has 0 radical (unpaired) electrons. The van der Waals surface area contributed by atoms with E-state index in [1.807, 2.05) is 0 Å². The summed E-state index contributed by atoms with van der Waals surface area (Å²) in [5.74, 6) is 5.00. The van der Waals surface area contributed by atoms with Crippen LogP contribution in [-0.2, 0) is 0 Å². The third-order valence-electron chi connectivity index (χ3n) is 0.552. The summed E-state index contributed by atoms with van der Waals surface area (Å²) in [5, 5.41) is 0.941. The van der Waals surface area contributed by atoms with Crippen LogP contribution in [0.3, 0.4) is 0 Å². The molecular weight excluding hydrogens is 108 g/mol. The van der Waals surface area contributed by atoms with E-state index in [0.717, 1.165) is 5.01 Å². The molecule has 0 aliphatic rings. The minimum absolute atomic E-state index is 0.368. The molecule has 48 valence electrons. The van der Waals surface area contributed by atoms with Crippen molar-refractivity contribution in [1.82, 2.24) is 15.9 Å². The first kappa shape index (κ1) is 7.19. The van der Waals surface area contributed by atoms with Gasteiger partial charge in [0.2, 0.25) is 0 Å². The molecule has 5 nitrogen and oxygen atoms in total. The maximum Gasteiger partial charge on any atom is 0.345 e. The molecule has 0 saturated carbocycles. The minimum Gasteiger partial charge on any atom is -0.272 e. The number of carbonyl (C=O) groups is 1. The lowest BCUT2D eigenvalue weighted by Crippen LogP contribution is -2.46. The van der Waals surface area contributed by atoms with E-state index < -0.39 is 0 Å². The fraction of sp³-hybridized carbons (Fsp3) is 0.667. The summed E-state index contributed by atoms with van der Waals surface area (Å²) in [6, 6.07) is -0.368. The third-order valence-corrected chi connectivity index (χ3v) is 0.552. The number of hydrazine groups is 2. The monoisotopic (exact) mass is 118 g/mol. The highest BCUT2D eigenvalue weighted by molar-refractivity contribution is 5.72. The zero-order valence-electron chi connectivity index (χ0n) is 4.93. The Balaban J connectivity index is 3.33. The molecule has 0 aromatic heterocycles. The van der Waals surface area contributed by atoms with E-state index in [9.17, 15) is 4.79 Å². The van der Waals surface area contributed by atoms with E-state index in [1.54, 1.807) is 7.05 Å². The van der Waals surface area contributed by atoms with Crippen LogP contribution in [0, 0.1) is 0 Å². The van der Waals surface area contributed by atoms with Gasteiger partial charge in [0.05, 0.1) is 0 Å². The van der Waals surface area contributed by atoms with Gasteiger partial charge in [0.1, 0.15) is 0 Å². The molecule has 0 spiro atoms. The standard InChI is InChI=1S/C3H10N4O/c1-5-6-3(8)7(2)4/h5H,4H2,1-2H3,(H,6,8). The highest BCUT2D eigenvalue weighted by Crippen LogP contribution is 1.65. The Labute approximate surface area is 47.8 Å². The van der Waals surface area contributed by atoms with Crippen LogP contribution in [0.5, 0.6) is 0 Å². The van der Waals surface area contributed by atoms with Crippen molar-refractivity contribution in [3.63, 3.8) is 0 Å². The number of nitrogens with zero attached hydrogens (tertiary/aromatic N) is 1. The van der Waals surface area contributed by atoms with Crippen LogP contribution >= 0.6 is 0 Å². The first-order valence-electron chi connectivity index (χ1n) is 2.13. The van der Waals surface area contributed by atoms with Gasteiger partial charge in [0.25, 0.3) is 0 Å². The molecule has 0 aliphatic heterocycles. The van der Waals surface area contributed by atoms with E-state index in [1.165, 1.54) is 7.05 Å². The van der Waals surface area contributed by atoms with Gasteiger partial charge in [-0.05, 0) is 0 Å². The number of nitrogens with one attached hydrogen (secondary N) is 2. The number of hydrogen-bond acceptors (Lipinski definition) is 3. The third kappa shape index (κ3) is 2.38. The smallest absolute Gasteiger partial charge is 0.272 e. The largest absolute Gasteiger partial charge is 0.345 e. The van der Waals surface area contributed by atoms with Crippen LogP contribution in [0.2, 0.25) is 0 Å². The summed E-state index contributed by atoms with van der Waals surface area (Å²) in [5.41, 5.74) is 4.68. The molecular formula is C3H10N4O. The summed E-state index contributed by atoms with van der Waals surface area (Å²) in [4.78, 5) is 10.4. The van der Waals surface area contributed by atoms with Crippen molar-refractivity contribution >= 4 is 6.03 Å². The quantitative estimate of drug-likeness (QED) is 0.226. The topological polar surface area (TPSA) is 70.4 Å². The van der Waals surface area contributed by atoms with Crippen molar-refractivity contribution in [3.8, 4) is 0 Å². The molecule has 0 rings (SSSR count). The van der Waals surface area contributed by atoms with Crippen LogP contribution in [-0.4, -0.2) is 25.1 Å². The van der Waals surface area contributed by atoms with Crippen molar-refractivity contribution in [3.05, 3.63) is 0 Å². The van der Waals surface area contributed by atoms with Crippen molar-refractivity contribution in [2.45, 2.75) is 0 Å². The summed E-state index contributed by atoms with van der Waals surface area (Å²) in [6.07, 6.45) is 0. The number of hydrogen-bond donors (Lipinski definition) is 3. The molecule has 0 atom stereocenters. The summed E-state index contributed by atoms with van der Waals surface area (Å²) < 4.78 is 0. The molecule has 0 aromatic rings. The number of amides is 2. The normalized spacial score (nSPS) is 8.38. The van der Waals surface area contributed by atoms with Gasteiger partial charge in [0, 0.05) is 14.1 Å². The highest BCUT2D eigenvalue weighted by Gasteiger charge is 1.97. The lowest BCUT2D eigenvalue weighted by atomic mass is 11.0. The highest BCUT2D eigenvalue weighted by atomic mass is 16.2. The van der Waals surface area contributed by atoms with Gasteiger partial charge in [-0.3, -0.25) is 10.4 Å². The predicted molar refractivity (Wildman–Crippen MR) is 29.5 cm³/mol. The Morgan fingerprint density at radius 1 is 1.75 bits per heavy atom. The molecule has 0 heterocycles. The second-order valence-electron chi connectivity index (χ2n) is 1.29. The summed E-state index contributed by atoms with van der Waals surface area (Å²) >= 11 is 0. The van der Waals surface area contributed by atoms with Crippen molar-refractivity contribution < 1.29 is 4.79 Å². The Bertz CT molecular complexity index is 81.4. The second kappa shape index (κ2) is 3.23. The van der Waals surface area contributed by atoms with Crippen LogP contribution in [0.1, 0.15) is 0 Å². The molecule has 2 amide bonds. The van der Waals surface area contributed by atoms with Crippen LogP contribution < -0.4 is 16.7 Å². The summed E-state index contributed by atoms with van der Waals surface area (Å²) in [7, 11) is 3.04. The van der Waals surface area contributed by atoms with Gasteiger partial charge >= 0.3 is 6.03 Å². The number of rotatable bonds is 1. The molecule has 8 heavy (non-hydrogen) atoms. The number of nitrogens with two attached hydrogens (primary N) is 1. The molecule has 0 saturated heterocycles. The maximum absolute atomic E-state index is 10.4. The lowest BCUT2D eigenvalue weighted by Gasteiger charge is -2.09. The molecule has 4 N–H and O–H groups in total. The van der Waals surface area contributed by atoms with Gasteiger partial charge in [-0.2, -0.15) is 0 Å². The van der Waals surface area contributed by atoms with Gasteiger partial charge in [-0.15, -0.1) is 0 Å². The maximum atomic E-state index is 10.4. The minimum atomic E-state index is -0.368. The van der Waals surface area contributed by atoms with Crippen molar-refractivity contribution in [2.75, 3.05) is 14.1 Å². The molecule has 0 aromatic carbocycles. The zero-order valence-corrected chi connectivity index (χ0v) is 4.93. The van der Waals surface area contributed by atoms with Crippen LogP contribution in [0.15, 0.2) is 0 Å². The summed E-state index contributed by atoms with van der Waals surface area (Å²) in [6.45, 7) is 0. The molecule has 5 heteroatoms. The van der Waals surface area contributed by atoms with Gasteiger partial charge < -0.3 is 0 Å². The van der Waals surface area contributed by atoms with Crippen LogP contribution in [0.25, 0.3) is 0 Å². The van der Waals surface area contributed by atoms with E-state index in [-0.39, 0.29) is 6.03 Å². The van der Waals surface area contributed by atoms with Gasteiger partial charge in [-0.1, -0.05) is 0 Å². The molecule has 0 aliphatic carbocycles. The Morgan fingerprint density at radius 2 is 2.25 bits per heavy atom. The molecule has 0 unspecified atom stereocenters. The Morgan fingerprint density at radius 3 is 2.38 bits per heavy atom. The Hall–Kier alpha value is -0.810. The molecule has 0 fully saturated rings. The SMILES string of the molecule is CNNC(=O)N(C)N. The van der Waals surface area contributed by atoms with E-state index in [2.05, 4.69) is 10.9 Å². The van der Waals surface area contributed by atoms with E-state index in [0.29, 0.717) is 0 Å². The zero-order chi connectivity index (χ0) is 6.57. The second-order valence-corrected chi connectivity index (χ2v) is 1.29. The van der Waals surface area contributed by atoms with Crippen molar-refractivity contribution in [2.24, 2.45) is 5.84 Å². The fourth-order valence-corrected chi connectivity index (χ4v) is 0.195. The predicted octanol–water partition coefficient (Wildman–Crippen LogP) is -1.36. The Kier molecular flexibility index (Phi) is 2.90. The first-order valence-corrected chi connectivity index (χ1v) is 2.13.